The van der Waals surface area contributed by atoms with E-state index in [1.807, 2.05) is 71.9 Å². The van der Waals surface area contributed by atoms with Crippen LogP contribution in [0.2, 0.25) is 0 Å². The molecule has 3 aromatic heterocycles. The number of pyridine rings is 2. The van der Waals surface area contributed by atoms with Gasteiger partial charge in [0.25, 0.3) is 11.8 Å². The highest BCUT2D eigenvalue weighted by molar-refractivity contribution is 5.95. The average Bonchev–Trinajstić information content (AvgIpc) is 3.71. The van der Waals surface area contributed by atoms with Crippen molar-refractivity contribution in [1.29, 1.82) is 0 Å². The van der Waals surface area contributed by atoms with Gasteiger partial charge >= 0.3 is 0 Å². The lowest BCUT2D eigenvalue weighted by atomic mass is 9.85. The first-order valence-corrected chi connectivity index (χ1v) is 13.0. The minimum absolute atomic E-state index is 0.00422. The van der Waals surface area contributed by atoms with Crippen LogP contribution in [-0.4, -0.2) is 50.2 Å². The molecular weight excluding hydrogens is 462 g/mol. The van der Waals surface area contributed by atoms with Gasteiger partial charge in [-0.25, -0.2) is 4.98 Å². The first-order valence-electron chi connectivity index (χ1n) is 13.0. The van der Waals surface area contributed by atoms with Crippen LogP contribution in [0.15, 0.2) is 67.1 Å². The van der Waals surface area contributed by atoms with E-state index >= 15 is 0 Å². The highest BCUT2D eigenvalue weighted by Gasteiger charge is 2.35. The van der Waals surface area contributed by atoms with Crippen molar-refractivity contribution in [2.45, 2.75) is 51.0 Å². The van der Waals surface area contributed by atoms with Crippen molar-refractivity contribution in [3.05, 3.63) is 101 Å². The molecule has 0 bridgehead atoms. The van der Waals surface area contributed by atoms with E-state index in [1.54, 1.807) is 6.20 Å². The van der Waals surface area contributed by atoms with Gasteiger partial charge < -0.3 is 14.6 Å². The Morgan fingerprint density at radius 3 is 2.59 bits per heavy atom. The monoisotopic (exact) mass is 493 g/mol. The van der Waals surface area contributed by atoms with E-state index in [1.165, 1.54) is 0 Å². The van der Waals surface area contributed by atoms with E-state index in [9.17, 15) is 9.59 Å². The van der Waals surface area contributed by atoms with Gasteiger partial charge in [-0.1, -0.05) is 36.4 Å². The number of carbonyl (C=O) groups excluding carboxylic acids is 2. The van der Waals surface area contributed by atoms with Gasteiger partial charge in [0.1, 0.15) is 11.3 Å². The Hall–Kier alpha value is -4.00. The van der Waals surface area contributed by atoms with Crippen molar-refractivity contribution in [2.75, 3.05) is 13.1 Å². The summed E-state index contributed by atoms with van der Waals surface area (Å²) >= 11 is 0. The maximum atomic E-state index is 13.7. The summed E-state index contributed by atoms with van der Waals surface area (Å²) in [5.41, 5.74) is 6.20. The summed E-state index contributed by atoms with van der Waals surface area (Å²) in [6, 6.07) is 15.9. The predicted molar refractivity (Wildman–Crippen MR) is 142 cm³/mol. The van der Waals surface area contributed by atoms with Gasteiger partial charge in [-0.15, -0.1) is 0 Å². The molecule has 1 aliphatic carbocycles. The molecule has 1 aromatic carbocycles. The van der Waals surface area contributed by atoms with Crippen LogP contribution >= 0.6 is 0 Å². The minimum atomic E-state index is -0.120. The third kappa shape index (κ3) is 4.50. The number of likely N-dealkylation sites (tertiary alicyclic amines) is 1. The number of fused-ring (bicyclic) bond motifs is 1. The Morgan fingerprint density at radius 2 is 1.81 bits per heavy atom. The Balaban J connectivity index is 1.26. The van der Waals surface area contributed by atoms with Crippen LogP contribution in [0, 0.1) is 13.8 Å². The van der Waals surface area contributed by atoms with Crippen LogP contribution in [0.25, 0.3) is 5.65 Å². The second-order valence-corrected chi connectivity index (χ2v) is 10.4. The molecule has 1 aliphatic heterocycles. The number of hydrogen-bond donors (Lipinski definition) is 1. The zero-order chi connectivity index (χ0) is 25.5. The lowest BCUT2D eigenvalue weighted by Crippen LogP contribution is -2.51. The van der Waals surface area contributed by atoms with Crippen molar-refractivity contribution < 1.29 is 9.59 Å². The van der Waals surface area contributed by atoms with Crippen molar-refractivity contribution in [2.24, 2.45) is 0 Å². The van der Waals surface area contributed by atoms with Gasteiger partial charge in [-0.3, -0.25) is 14.6 Å². The number of piperidine rings is 1. The molecule has 1 N–H and O–H groups in total. The van der Waals surface area contributed by atoms with E-state index in [2.05, 4.69) is 27.4 Å². The molecule has 2 aliphatic rings. The topological polar surface area (TPSA) is 79.6 Å². The number of aromatic nitrogens is 3. The molecule has 2 fully saturated rings. The number of carbonyl (C=O) groups is 2. The molecule has 7 nitrogen and oxygen atoms in total. The van der Waals surface area contributed by atoms with Crippen LogP contribution in [-0.2, 0) is 0 Å². The fraction of sp³-hybridized carbons (Fsp3) is 0.333. The van der Waals surface area contributed by atoms with E-state index in [0.717, 1.165) is 40.9 Å². The Kier molecular flexibility index (Phi) is 5.99. The molecule has 37 heavy (non-hydrogen) atoms. The predicted octanol–water partition coefficient (Wildman–Crippen LogP) is 4.65. The van der Waals surface area contributed by atoms with Gasteiger partial charge in [0.2, 0.25) is 0 Å². The summed E-state index contributed by atoms with van der Waals surface area (Å²) in [4.78, 5) is 37.9. The second kappa shape index (κ2) is 9.47. The third-order valence-corrected chi connectivity index (χ3v) is 7.74. The molecule has 2 amide bonds. The zero-order valence-corrected chi connectivity index (χ0v) is 21.2. The van der Waals surface area contributed by atoms with Crippen molar-refractivity contribution in [3.63, 3.8) is 0 Å². The maximum Gasteiger partial charge on any atom is 0.270 e. The van der Waals surface area contributed by atoms with E-state index in [-0.39, 0.29) is 23.8 Å². The normalized spacial score (nSPS) is 19.7. The first-order chi connectivity index (χ1) is 18.0. The molecule has 1 saturated heterocycles. The molecule has 188 valence electrons. The number of hydrogen-bond acceptors (Lipinski definition) is 4. The van der Waals surface area contributed by atoms with Crippen LogP contribution in [0.5, 0.6) is 0 Å². The van der Waals surface area contributed by atoms with Gasteiger partial charge in [-0.05, 0) is 67.9 Å². The fourth-order valence-electron chi connectivity index (χ4n) is 5.59. The zero-order valence-electron chi connectivity index (χ0n) is 21.2. The summed E-state index contributed by atoms with van der Waals surface area (Å²) in [6.45, 7) is 5.08. The molecule has 1 saturated carbocycles. The first kappa shape index (κ1) is 23.4. The van der Waals surface area contributed by atoms with Crippen molar-refractivity contribution >= 4 is 17.5 Å². The molecular formula is C30H31N5O2. The molecule has 4 aromatic rings. The molecule has 4 heterocycles. The molecule has 0 radical (unpaired) electrons. The summed E-state index contributed by atoms with van der Waals surface area (Å²) in [6.07, 6.45) is 8.31. The number of aryl methyl sites for hydroxylation is 2. The molecule has 0 spiro atoms. The molecule has 7 heteroatoms. The Labute approximate surface area is 216 Å². The fourth-order valence-corrected chi connectivity index (χ4v) is 5.59. The number of amides is 2. The summed E-state index contributed by atoms with van der Waals surface area (Å²) in [7, 11) is 0. The van der Waals surface area contributed by atoms with E-state index < -0.39 is 0 Å². The number of benzene rings is 1. The van der Waals surface area contributed by atoms with Crippen LogP contribution in [0.4, 0.5) is 0 Å². The largest absolute Gasteiger partial charge is 0.347 e. The number of nitrogens with zero attached hydrogens (tertiary/aromatic N) is 4. The van der Waals surface area contributed by atoms with Crippen LogP contribution in [0.3, 0.4) is 0 Å². The van der Waals surface area contributed by atoms with Gasteiger partial charge in [0.15, 0.2) is 0 Å². The second-order valence-electron chi connectivity index (χ2n) is 10.4. The van der Waals surface area contributed by atoms with E-state index in [4.69, 9.17) is 0 Å². The van der Waals surface area contributed by atoms with Gasteiger partial charge in [0, 0.05) is 49.3 Å². The lowest BCUT2D eigenvalue weighted by molar-refractivity contribution is 0.0670. The summed E-state index contributed by atoms with van der Waals surface area (Å²) < 4.78 is 1.98. The highest BCUT2D eigenvalue weighted by Crippen LogP contribution is 2.41. The van der Waals surface area contributed by atoms with Crippen molar-refractivity contribution in [3.8, 4) is 0 Å². The summed E-state index contributed by atoms with van der Waals surface area (Å²) in [5, 5.41) is 3.29. The van der Waals surface area contributed by atoms with Gasteiger partial charge in [0.05, 0.1) is 5.56 Å². The smallest absolute Gasteiger partial charge is 0.270 e. The molecule has 2 atom stereocenters. The highest BCUT2D eigenvalue weighted by atomic mass is 16.2. The van der Waals surface area contributed by atoms with Crippen molar-refractivity contribution in [1.82, 2.24) is 24.6 Å². The molecule has 0 unspecified atom stereocenters. The Bertz CT molecular complexity index is 1470. The van der Waals surface area contributed by atoms with Crippen LogP contribution in [0.1, 0.15) is 74.3 Å². The lowest BCUT2D eigenvalue weighted by Gasteiger charge is -2.39. The number of nitrogens with one attached hydrogen (secondary N) is 1. The number of imidazole rings is 1. The van der Waals surface area contributed by atoms with Gasteiger partial charge in [-0.2, -0.15) is 0 Å². The summed E-state index contributed by atoms with van der Waals surface area (Å²) in [5.74, 6) is 0.309. The van der Waals surface area contributed by atoms with Crippen LogP contribution < -0.4 is 5.32 Å². The molecule has 6 rings (SSSR count). The van der Waals surface area contributed by atoms with E-state index in [0.29, 0.717) is 36.7 Å². The quantitative estimate of drug-likeness (QED) is 0.439. The minimum Gasteiger partial charge on any atom is -0.347 e. The standard InChI is InChI=1S/C30H31N5O2/c1-19-15-23(17-35-20(2)16-32-28(19)35)30(37)34-14-12-26(25(18-34)21-7-4-3-5-8-21)33-29(36)27-24(22-10-11-22)9-6-13-31-27/h3-9,13,15-17,22,25-26H,10-12,14,18H2,1-2H3,(H,33,36)/t25-,26-/m1/s1. The SMILES string of the molecule is Cc1cc(C(=O)N2CC[C@@H](NC(=O)c3ncccc3C3CC3)[C@@H](c3ccccc3)C2)cn2c(C)cnc12. The maximum absolute atomic E-state index is 13.7. The number of rotatable bonds is 5. The Morgan fingerprint density at radius 1 is 1.00 bits per heavy atom. The third-order valence-electron chi connectivity index (χ3n) is 7.74. The average molecular weight is 494 g/mol.